The van der Waals surface area contributed by atoms with Gasteiger partial charge in [-0.25, -0.2) is 4.39 Å². The lowest BCUT2D eigenvalue weighted by molar-refractivity contribution is -0.121. The predicted octanol–water partition coefficient (Wildman–Crippen LogP) is 3.32. The number of rotatable bonds is 7. The lowest BCUT2D eigenvalue weighted by Gasteiger charge is -2.10. The summed E-state index contributed by atoms with van der Waals surface area (Å²) in [7, 11) is 1.59. The van der Waals surface area contributed by atoms with Crippen LogP contribution in [-0.4, -0.2) is 22.2 Å². The number of hydrogen-bond acceptors (Lipinski definition) is 3. The molecule has 6 nitrogen and oxygen atoms in total. The Kier molecular flexibility index (Phi) is 5.84. The van der Waals surface area contributed by atoms with Crippen molar-refractivity contribution in [2.24, 2.45) is 0 Å². The molecule has 0 radical (unpaired) electrons. The second kappa shape index (κ2) is 8.87. The molecule has 2 aromatic carbocycles. The fraction of sp³-hybridized carbons (Fsp3) is 0.167. The Bertz CT molecular complexity index is 1290. The average Bonchev–Trinajstić information content (AvgIpc) is 3.18. The first-order valence-electron chi connectivity index (χ1n) is 9.86. The van der Waals surface area contributed by atoms with Gasteiger partial charge in [-0.15, -0.1) is 0 Å². The summed E-state index contributed by atoms with van der Waals surface area (Å²) in [4.78, 5) is 25.5. The third-order valence-electron chi connectivity index (χ3n) is 5.07. The smallest absolute Gasteiger partial charge is 0.275 e. The Morgan fingerprint density at radius 3 is 2.52 bits per heavy atom. The lowest BCUT2D eigenvalue weighted by atomic mass is 10.2. The zero-order valence-corrected chi connectivity index (χ0v) is 17.0. The third kappa shape index (κ3) is 4.66. The van der Waals surface area contributed by atoms with Gasteiger partial charge >= 0.3 is 0 Å². The van der Waals surface area contributed by atoms with E-state index in [9.17, 15) is 14.0 Å². The van der Waals surface area contributed by atoms with Gasteiger partial charge < -0.3 is 19.2 Å². The molecule has 7 heteroatoms. The van der Waals surface area contributed by atoms with E-state index in [1.807, 2.05) is 36.4 Å². The van der Waals surface area contributed by atoms with Crippen LogP contribution in [0.2, 0.25) is 0 Å². The molecule has 0 fully saturated rings. The number of amides is 1. The van der Waals surface area contributed by atoms with E-state index in [0.29, 0.717) is 24.4 Å². The summed E-state index contributed by atoms with van der Waals surface area (Å²) in [6.45, 7) is 0.607. The molecule has 0 atom stereocenters. The summed E-state index contributed by atoms with van der Waals surface area (Å²) in [6, 6.07) is 17.3. The highest BCUT2D eigenvalue weighted by molar-refractivity contribution is 5.80. The van der Waals surface area contributed by atoms with Crippen LogP contribution in [0.1, 0.15) is 11.1 Å². The van der Waals surface area contributed by atoms with Crippen LogP contribution in [0.3, 0.4) is 0 Å². The van der Waals surface area contributed by atoms with E-state index in [-0.39, 0.29) is 23.8 Å². The highest BCUT2D eigenvalue weighted by atomic mass is 19.1. The van der Waals surface area contributed by atoms with Crippen molar-refractivity contribution in [3.8, 4) is 5.75 Å². The molecule has 0 aliphatic rings. The molecule has 158 valence electrons. The minimum Gasteiger partial charge on any atom is -0.497 e. The number of fused-ring (bicyclic) bond motifs is 1. The molecule has 1 N–H and O–H groups in total. The molecule has 0 aliphatic heterocycles. The zero-order chi connectivity index (χ0) is 21.8. The van der Waals surface area contributed by atoms with E-state index in [1.54, 1.807) is 36.2 Å². The Hall–Kier alpha value is -3.87. The number of halogens is 1. The van der Waals surface area contributed by atoms with E-state index in [4.69, 9.17) is 4.74 Å². The topological polar surface area (TPSA) is 65.3 Å². The number of carbonyl (C=O) groups is 1. The van der Waals surface area contributed by atoms with Crippen LogP contribution in [0, 0.1) is 5.82 Å². The van der Waals surface area contributed by atoms with Gasteiger partial charge in [0.15, 0.2) is 0 Å². The molecule has 0 bridgehead atoms. The summed E-state index contributed by atoms with van der Waals surface area (Å²) < 4.78 is 21.8. The Morgan fingerprint density at radius 2 is 1.74 bits per heavy atom. The second-order valence-electron chi connectivity index (χ2n) is 7.25. The first kappa shape index (κ1) is 20.4. The SMILES string of the molecule is COc1cccc(CNC(=O)Cn2ccc3ccn(Cc4cccc(F)c4)c3c2=O)c1. The third-order valence-corrected chi connectivity index (χ3v) is 5.07. The number of pyridine rings is 1. The molecule has 2 heterocycles. The molecule has 1 amide bonds. The summed E-state index contributed by atoms with van der Waals surface area (Å²) in [5.74, 6) is 0.124. The van der Waals surface area contributed by atoms with E-state index in [1.165, 1.54) is 16.7 Å². The van der Waals surface area contributed by atoms with Crippen LogP contribution in [0.25, 0.3) is 10.9 Å². The molecule has 31 heavy (non-hydrogen) atoms. The highest BCUT2D eigenvalue weighted by Crippen LogP contribution is 2.15. The van der Waals surface area contributed by atoms with Crippen molar-refractivity contribution in [3.63, 3.8) is 0 Å². The molecule has 0 unspecified atom stereocenters. The number of methoxy groups -OCH3 is 1. The molecule has 2 aromatic heterocycles. The molecular weight excluding hydrogens is 397 g/mol. The minimum atomic E-state index is -0.320. The van der Waals surface area contributed by atoms with Crippen LogP contribution >= 0.6 is 0 Å². The standard InChI is InChI=1S/C24H22FN3O3/c1-31-21-7-3-4-17(13-21)14-26-22(29)16-28-11-9-19-8-10-27(23(19)24(28)30)15-18-5-2-6-20(25)12-18/h2-13H,14-16H2,1H3,(H,26,29). The molecule has 4 aromatic rings. The number of nitrogens with one attached hydrogen (secondary N) is 1. The van der Waals surface area contributed by atoms with Crippen molar-refractivity contribution in [1.82, 2.24) is 14.5 Å². The van der Waals surface area contributed by atoms with Gasteiger partial charge in [-0.1, -0.05) is 24.3 Å². The number of benzene rings is 2. The van der Waals surface area contributed by atoms with Crippen LogP contribution in [-0.2, 0) is 24.4 Å². The van der Waals surface area contributed by atoms with Gasteiger partial charge in [-0.3, -0.25) is 9.59 Å². The van der Waals surface area contributed by atoms with Gasteiger partial charge in [-0.2, -0.15) is 0 Å². The van der Waals surface area contributed by atoms with E-state index in [2.05, 4.69) is 5.32 Å². The highest BCUT2D eigenvalue weighted by Gasteiger charge is 2.11. The number of aromatic nitrogens is 2. The van der Waals surface area contributed by atoms with E-state index >= 15 is 0 Å². The second-order valence-corrected chi connectivity index (χ2v) is 7.25. The van der Waals surface area contributed by atoms with E-state index < -0.39 is 0 Å². The van der Waals surface area contributed by atoms with Crippen molar-refractivity contribution in [1.29, 1.82) is 0 Å². The molecule has 4 rings (SSSR count). The van der Waals surface area contributed by atoms with Crippen molar-refractivity contribution in [2.45, 2.75) is 19.6 Å². The maximum Gasteiger partial charge on any atom is 0.275 e. The first-order chi connectivity index (χ1) is 15.0. The fourth-order valence-corrected chi connectivity index (χ4v) is 3.53. The van der Waals surface area contributed by atoms with Crippen molar-refractivity contribution < 1.29 is 13.9 Å². The number of ether oxygens (including phenoxy) is 1. The Labute approximate surface area is 178 Å². The summed E-state index contributed by atoms with van der Waals surface area (Å²) in [5.41, 5.74) is 1.87. The number of nitrogens with zero attached hydrogens (tertiary/aromatic N) is 2. The summed E-state index contributed by atoms with van der Waals surface area (Å²) in [6.07, 6.45) is 3.41. The molecule has 0 saturated heterocycles. The minimum absolute atomic E-state index is 0.0934. The first-order valence-corrected chi connectivity index (χ1v) is 9.86. The maximum absolute atomic E-state index is 13.5. The lowest BCUT2D eigenvalue weighted by Crippen LogP contribution is -2.32. The van der Waals surface area contributed by atoms with Gasteiger partial charge in [0.25, 0.3) is 5.56 Å². The Morgan fingerprint density at radius 1 is 1.00 bits per heavy atom. The summed E-state index contributed by atoms with van der Waals surface area (Å²) >= 11 is 0. The summed E-state index contributed by atoms with van der Waals surface area (Å²) in [5, 5.41) is 3.60. The number of hydrogen-bond donors (Lipinski definition) is 1. The van der Waals surface area contributed by atoms with Crippen molar-refractivity contribution in [2.75, 3.05) is 7.11 Å². The van der Waals surface area contributed by atoms with Crippen LogP contribution in [0.4, 0.5) is 4.39 Å². The van der Waals surface area contributed by atoms with Crippen LogP contribution in [0.15, 0.2) is 77.9 Å². The van der Waals surface area contributed by atoms with E-state index in [0.717, 1.165) is 16.5 Å². The molecule has 0 aliphatic carbocycles. The molecule has 0 saturated carbocycles. The fourth-order valence-electron chi connectivity index (χ4n) is 3.53. The molecule has 0 spiro atoms. The van der Waals surface area contributed by atoms with Gasteiger partial charge in [0.2, 0.25) is 5.91 Å². The normalized spacial score (nSPS) is 10.9. The van der Waals surface area contributed by atoms with Crippen LogP contribution < -0.4 is 15.6 Å². The quantitative estimate of drug-likeness (QED) is 0.500. The number of carbonyl (C=O) groups excluding carboxylic acids is 1. The predicted molar refractivity (Wildman–Crippen MR) is 117 cm³/mol. The van der Waals surface area contributed by atoms with Gasteiger partial charge in [0, 0.05) is 30.9 Å². The average molecular weight is 419 g/mol. The largest absolute Gasteiger partial charge is 0.497 e. The zero-order valence-electron chi connectivity index (χ0n) is 17.0. The van der Waals surface area contributed by atoms with Gasteiger partial charge in [0.1, 0.15) is 23.6 Å². The monoisotopic (exact) mass is 419 g/mol. The van der Waals surface area contributed by atoms with Gasteiger partial charge in [0.05, 0.1) is 7.11 Å². The Balaban J connectivity index is 1.50. The maximum atomic E-state index is 13.5. The van der Waals surface area contributed by atoms with Crippen molar-refractivity contribution in [3.05, 3.63) is 100 Å². The van der Waals surface area contributed by atoms with Gasteiger partial charge in [-0.05, 0) is 47.5 Å². The van der Waals surface area contributed by atoms with Crippen molar-refractivity contribution >= 4 is 16.8 Å². The molecular formula is C24H22FN3O3. The van der Waals surface area contributed by atoms with Crippen LogP contribution in [0.5, 0.6) is 5.75 Å².